The molecular weight excluding hydrogens is 377 g/mol. The fourth-order valence-electron chi connectivity index (χ4n) is 2.77. The van der Waals surface area contributed by atoms with Crippen molar-refractivity contribution in [3.8, 4) is 22.8 Å². The van der Waals surface area contributed by atoms with Crippen molar-refractivity contribution in [1.29, 1.82) is 0 Å². The van der Waals surface area contributed by atoms with E-state index in [-0.39, 0.29) is 5.82 Å². The molecule has 0 aliphatic rings. The highest BCUT2D eigenvalue weighted by molar-refractivity contribution is 7.98. The van der Waals surface area contributed by atoms with E-state index >= 15 is 0 Å². The van der Waals surface area contributed by atoms with Crippen LogP contribution in [0.5, 0.6) is 0 Å². The van der Waals surface area contributed by atoms with Crippen molar-refractivity contribution in [2.45, 2.75) is 30.8 Å². The molecule has 0 spiro atoms. The summed E-state index contributed by atoms with van der Waals surface area (Å²) < 4.78 is 20.7. The van der Waals surface area contributed by atoms with Crippen LogP contribution < -0.4 is 0 Å². The van der Waals surface area contributed by atoms with E-state index in [4.69, 9.17) is 4.42 Å². The molecule has 8 heteroatoms. The monoisotopic (exact) mass is 395 g/mol. The number of aromatic nitrogens is 5. The van der Waals surface area contributed by atoms with Crippen molar-refractivity contribution in [2.24, 2.45) is 0 Å². The van der Waals surface area contributed by atoms with Crippen molar-refractivity contribution in [3.63, 3.8) is 0 Å². The van der Waals surface area contributed by atoms with E-state index in [9.17, 15) is 4.39 Å². The third-order valence-corrected chi connectivity index (χ3v) is 5.09. The Balaban J connectivity index is 1.51. The first kappa shape index (κ1) is 18.4. The van der Waals surface area contributed by atoms with Crippen LogP contribution in [-0.2, 0) is 12.3 Å². The van der Waals surface area contributed by atoms with Gasteiger partial charge in [-0.1, -0.05) is 18.7 Å². The lowest BCUT2D eigenvalue weighted by Crippen LogP contribution is -2.02. The lowest BCUT2D eigenvalue weighted by molar-refractivity contribution is 0.572. The Labute approximate surface area is 165 Å². The Kier molecular flexibility index (Phi) is 5.48. The molecule has 0 N–H and O–H groups in total. The molecule has 3 aromatic heterocycles. The maximum absolute atomic E-state index is 13.1. The van der Waals surface area contributed by atoms with Gasteiger partial charge in [-0.15, -0.1) is 10.2 Å². The second-order valence-electron chi connectivity index (χ2n) is 6.13. The first-order valence-corrected chi connectivity index (χ1v) is 9.90. The molecule has 1 aromatic carbocycles. The Morgan fingerprint density at radius 3 is 2.57 bits per heavy atom. The molecule has 142 valence electrons. The molecule has 3 heterocycles. The first-order valence-electron chi connectivity index (χ1n) is 8.91. The molecule has 0 aliphatic heterocycles. The highest BCUT2D eigenvalue weighted by Crippen LogP contribution is 2.27. The zero-order chi connectivity index (χ0) is 19.3. The Bertz CT molecular complexity index is 1050. The number of benzene rings is 1. The summed E-state index contributed by atoms with van der Waals surface area (Å²) >= 11 is 1.56. The zero-order valence-electron chi connectivity index (χ0n) is 15.2. The Morgan fingerprint density at radius 1 is 1.04 bits per heavy atom. The van der Waals surface area contributed by atoms with Gasteiger partial charge in [-0.05, 0) is 42.8 Å². The predicted molar refractivity (Wildman–Crippen MR) is 105 cm³/mol. The van der Waals surface area contributed by atoms with Crippen LogP contribution >= 0.6 is 11.8 Å². The average Bonchev–Trinajstić information content (AvgIpc) is 3.35. The number of nitrogens with zero attached hydrogens (tertiary/aromatic N) is 5. The number of oxazole rings is 1. The molecule has 0 saturated heterocycles. The van der Waals surface area contributed by atoms with Gasteiger partial charge in [-0.2, -0.15) is 0 Å². The van der Waals surface area contributed by atoms with Gasteiger partial charge < -0.3 is 8.98 Å². The van der Waals surface area contributed by atoms with Gasteiger partial charge in [0.25, 0.3) is 0 Å². The van der Waals surface area contributed by atoms with E-state index < -0.39 is 0 Å². The summed E-state index contributed by atoms with van der Waals surface area (Å²) in [7, 11) is 0. The number of pyridine rings is 1. The van der Waals surface area contributed by atoms with Crippen molar-refractivity contribution in [2.75, 3.05) is 0 Å². The van der Waals surface area contributed by atoms with Crippen LogP contribution in [0.4, 0.5) is 4.39 Å². The quantitative estimate of drug-likeness (QED) is 0.417. The maximum Gasteiger partial charge on any atom is 0.226 e. The SMILES string of the molecule is CCCn1c(SCc2coc(-c3ccc(F)cc3)n2)nnc1-c1ccncc1. The molecule has 0 amide bonds. The molecule has 0 radical (unpaired) electrons. The van der Waals surface area contributed by atoms with E-state index in [1.807, 2.05) is 12.1 Å². The summed E-state index contributed by atoms with van der Waals surface area (Å²) in [6.45, 7) is 2.95. The van der Waals surface area contributed by atoms with Crippen LogP contribution in [-0.4, -0.2) is 24.7 Å². The van der Waals surface area contributed by atoms with Gasteiger partial charge >= 0.3 is 0 Å². The average molecular weight is 395 g/mol. The summed E-state index contributed by atoms with van der Waals surface area (Å²) in [5.74, 6) is 1.62. The van der Waals surface area contributed by atoms with Gasteiger partial charge in [0.05, 0.1) is 5.69 Å². The molecule has 0 unspecified atom stereocenters. The zero-order valence-corrected chi connectivity index (χ0v) is 16.1. The molecule has 4 aromatic rings. The van der Waals surface area contributed by atoms with Crippen LogP contribution in [0.3, 0.4) is 0 Å². The number of hydrogen-bond donors (Lipinski definition) is 0. The van der Waals surface area contributed by atoms with E-state index in [0.29, 0.717) is 11.6 Å². The minimum Gasteiger partial charge on any atom is -0.444 e. The molecular formula is C20H18FN5OS. The number of thioether (sulfide) groups is 1. The number of hydrogen-bond acceptors (Lipinski definition) is 6. The molecule has 6 nitrogen and oxygen atoms in total. The fraction of sp³-hybridized carbons (Fsp3) is 0.200. The van der Waals surface area contributed by atoms with Crippen molar-refractivity contribution < 1.29 is 8.81 Å². The lowest BCUT2D eigenvalue weighted by atomic mass is 10.2. The van der Waals surface area contributed by atoms with Gasteiger partial charge in [-0.25, -0.2) is 9.37 Å². The second-order valence-corrected chi connectivity index (χ2v) is 7.08. The van der Waals surface area contributed by atoms with Gasteiger partial charge in [0.2, 0.25) is 5.89 Å². The molecule has 0 atom stereocenters. The van der Waals surface area contributed by atoms with Gasteiger partial charge in [-0.3, -0.25) is 4.98 Å². The Hall–Kier alpha value is -3.00. The minimum absolute atomic E-state index is 0.286. The number of rotatable bonds is 7. The second kappa shape index (κ2) is 8.35. The molecule has 4 rings (SSSR count). The fourth-order valence-corrected chi connectivity index (χ4v) is 3.61. The van der Waals surface area contributed by atoms with E-state index in [2.05, 4.69) is 31.7 Å². The van der Waals surface area contributed by atoms with E-state index in [1.54, 1.807) is 42.6 Å². The van der Waals surface area contributed by atoms with Gasteiger partial charge in [0.1, 0.15) is 12.1 Å². The summed E-state index contributed by atoms with van der Waals surface area (Å²) in [6, 6.07) is 9.94. The highest BCUT2D eigenvalue weighted by Gasteiger charge is 2.15. The smallest absolute Gasteiger partial charge is 0.226 e. The summed E-state index contributed by atoms with van der Waals surface area (Å²) in [5, 5.41) is 9.55. The standard InChI is InChI=1S/C20H18FN5OS/c1-2-11-26-18(14-7-9-22-10-8-14)24-25-20(26)28-13-17-12-27-19(23-17)15-3-5-16(21)6-4-15/h3-10,12H,2,11,13H2,1H3. The predicted octanol–water partition coefficient (Wildman–Crippen LogP) is 4.84. The normalized spacial score (nSPS) is 11.1. The minimum atomic E-state index is -0.286. The van der Waals surface area contributed by atoms with E-state index in [0.717, 1.165) is 40.8 Å². The van der Waals surface area contributed by atoms with Crippen LogP contribution in [0.25, 0.3) is 22.8 Å². The van der Waals surface area contributed by atoms with Crippen LogP contribution in [0.15, 0.2) is 64.6 Å². The van der Waals surface area contributed by atoms with Crippen LogP contribution in [0.2, 0.25) is 0 Å². The van der Waals surface area contributed by atoms with Crippen molar-refractivity contribution >= 4 is 11.8 Å². The molecule has 28 heavy (non-hydrogen) atoms. The lowest BCUT2D eigenvalue weighted by Gasteiger charge is -2.08. The van der Waals surface area contributed by atoms with Gasteiger partial charge in [0.15, 0.2) is 11.0 Å². The van der Waals surface area contributed by atoms with Gasteiger partial charge in [0, 0.05) is 35.8 Å². The summed E-state index contributed by atoms with van der Waals surface area (Å²) in [5.41, 5.74) is 2.52. The summed E-state index contributed by atoms with van der Waals surface area (Å²) in [4.78, 5) is 8.55. The third-order valence-electron chi connectivity index (χ3n) is 4.09. The number of halogens is 1. The van der Waals surface area contributed by atoms with Crippen molar-refractivity contribution in [1.82, 2.24) is 24.7 Å². The van der Waals surface area contributed by atoms with E-state index in [1.165, 1.54) is 12.1 Å². The highest BCUT2D eigenvalue weighted by atomic mass is 32.2. The molecule has 0 bridgehead atoms. The largest absolute Gasteiger partial charge is 0.444 e. The van der Waals surface area contributed by atoms with Crippen molar-refractivity contribution in [3.05, 3.63) is 66.6 Å². The summed E-state index contributed by atoms with van der Waals surface area (Å²) in [6.07, 6.45) is 6.09. The van der Waals surface area contributed by atoms with Crippen LogP contribution in [0.1, 0.15) is 19.0 Å². The Morgan fingerprint density at radius 2 is 1.82 bits per heavy atom. The maximum atomic E-state index is 13.1. The molecule has 0 aliphatic carbocycles. The first-order chi connectivity index (χ1) is 13.7. The van der Waals surface area contributed by atoms with Crippen LogP contribution in [0, 0.1) is 5.82 Å². The topological polar surface area (TPSA) is 69.6 Å². The molecule has 0 saturated carbocycles. The third kappa shape index (κ3) is 3.96. The molecule has 0 fully saturated rings.